The molecule has 2 rings (SSSR count). The topological polar surface area (TPSA) is 28.2 Å². The van der Waals surface area contributed by atoms with Gasteiger partial charge in [0.15, 0.2) is 0 Å². The molecule has 2 heterocycles. The molecule has 1 aliphatic rings. The summed E-state index contributed by atoms with van der Waals surface area (Å²) in [7, 11) is 0. The van der Waals surface area contributed by atoms with E-state index in [-0.39, 0.29) is 0 Å². The van der Waals surface area contributed by atoms with Gasteiger partial charge >= 0.3 is 0 Å². The van der Waals surface area contributed by atoms with Gasteiger partial charge < -0.3 is 5.43 Å². The third-order valence-electron chi connectivity index (χ3n) is 2.76. The average molecular weight is 191 g/mol. The van der Waals surface area contributed by atoms with E-state index < -0.39 is 0 Å². The quantitative estimate of drug-likeness (QED) is 0.777. The Labute approximate surface area is 85.1 Å². The Morgan fingerprint density at radius 2 is 2.14 bits per heavy atom. The standard InChI is InChI=1S/C11H17N3/c1-10-4-2-3-9-14(10)13-11-5-7-12-8-6-11/h5-8,10H,2-4,9H2,1H3,(H,12,13). The fourth-order valence-corrected chi connectivity index (χ4v) is 1.86. The molecule has 1 unspecified atom stereocenters. The second kappa shape index (κ2) is 4.42. The smallest absolute Gasteiger partial charge is 0.0520 e. The van der Waals surface area contributed by atoms with Gasteiger partial charge in [0.1, 0.15) is 0 Å². The van der Waals surface area contributed by atoms with Gasteiger partial charge in [-0.25, -0.2) is 5.01 Å². The van der Waals surface area contributed by atoms with Crippen molar-refractivity contribution in [2.45, 2.75) is 32.2 Å². The minimum Gasteiger partial charge on any atom is -0.319 e. The van der Waals surface area contributed by atoms with Crippen molar-refractivity contribution >= 4 is 5.69 Å². The number of nitrogens with one attached hydrogen (secondary N) is 1. The number of aromatic nitrogens is 1. The van der Waals surface area contributed by atoms with Crippen LogP contribution in [0.5, 0.6) is 0 Å². The lowest BCUT2D eigenvalue weighted by Crippen LogP contribution is -2.41. The number of pyridine rings is 1. The molecule has 0 bridgehead atoms. The predicted molar refractivity (Wildman–Crippen MR) is 57.9 cm³/mol. The van der Waals surface area contributed by atoms with Gasteiger partial charge in [-0.1, -0.05) is 6.42 Å². The van der Waals surface area contributed by atoms with Crippen molar-refractivity contribution in [3.8, 4) is 0 Å². The SMILES string of the molecule is CC1CCCCN1Nc1ccncc1. The highest BCUT2D eigenvalue weighted by Gasteiger charge is 2.17. The molecule has 0 spiro atoms. The van der Waals surface area contributed by atoms with Gasteiger partial charge in [-0.3, -0.25) is 4.98 Å². The van der Waals surface area contributed by atoms with Gasteiger partial charge in [0, 0.05) is 25.0 Å². The number of nitrogens with zero attached hydrogens (tertiary/aromatic N) is 2. The number of hydrogen-bond donors (Lipinski definition) is 1. The van der Waals surface area contributed by atoms with Crippen LogP contribution in [0.4, 0.5) is 5.69 Å². The Morgan fingerprint density at radius 3 is 2.86 bits per heavy atom. The number of rotatable bonds is 2. The third-order valence-corrected chi connectivity index (χ3v) is 2.76. The lowest BCUT2D eigenvalue weighted by Gasteiger charge is -2.34. The maximum atomic E-state index is 4.00. The fourth-order valence-electron chi connectivity index (χ4n) is 1.86. The molecule has 0 radical (unpaired) electrons. The zero-order chi connectivity index (χ0) is 9.80. The highest BCUT2D eigenvalue weighted by atomic mass is 15.5. The minimum absolute atomic E-state index is 0.636. The number of piperidine rings is 1. The molecule has 1 aliphatic heterocycles. The molecule has 0 aromatic carbocycles. The van der Waals surface area contributed by atoms with Gasteiger partial charge in [0.2, 0.25) is 0 Å². The zero-order valence-corrected chi connectivity index (χ0v) is 8.61. The third kappa shape index (κ3) is 2.23. The molecule has 3 heteroatoms. The highest BCUT2D eigenvalue weighted by molar-refractivity contribution is 5.39. The first-order chi connectivity index (χ1) is 6.86. The molecule has 0 amide bonds. The van der Waals surface area contributed by atoms with Crippen LogP contribution in [0.3, 0.4) is 0 Å². The van der Waals surface area contributed by atoms with Crippen LogP contribution in [0.15, 0.2) is 24.5 Å². The molecule has 76 valence electrons. The van der Waals surface area contributed by atoms with E-state index >= 15 is 0 Å². The average Bonchev–Trinajstić information content (AvgIpc) is 2.23. The van der Waals surface area contributed by atoms with Crippen LogP contribution in [-0.4, -0.2) is 22.6 Å². The summed E-state index contributed by atoms with van der Waals surface area (Å²) in [5.41, 5.74) is 4.56. The minimum atomic E-state index is 0.636. The summed E-state index contributed by atoms with van der Waals surface area (Å²) in [6, 6.07) is 4.64. The highest BCUT2D eigenvalue weighted by Crippen LogP contribution is 2.17. The van der Waals surface area contributed by atoms with Gasteiger partial charge in [-0.05, 0) is 31.9 Å². The number of hydrogen-bond acceptors (Lipinski definition) is 3. The Morgan fingerprint density at radius 1 is 1.36 bits per heavy atom. The van der Waals surface area contributed by atoms with Crippen molar-refractivity contribution in [1.29, 1.82) is 0 Å². The van der Waals surface area contributed by atoms with E-state index in [1.165, 1.54) is 19.3 Å². The van der Waals surface area contributed by atoms with Crippen molar-refractivity contribution in [3.63, 3.8) is 0 Å². The Kier molecular flexibility index (Phi) is 2.99. The summed E-state index contributed by atoms with van der Waals surface area (Å²) in [6.45, 7) is 3.41. The van der Waals surface area contributed by atoms with Crippen LogP contribution in [0.2, 0.25) is 0 Å². The van der Waals surface area contributed by atoms with Crippen LogP contribution in [-0.2, 0) is 0 Å². The van der Waals surface area contributed by atoms with Crippen LogP contribution < -0.4 is 5.43 Å². The number of anilines is 1. The lowest BCUT2D eigenvalue weighted by molar-refractivity contribution is 0.197. The van der Waals surface area contributed by atoms with Crippen molar-refractivity contribution in [2.75, 3.05) is 12.0 Å². The first-order valence-electron chi connectivity index (χ1n) is 5.29. The van der Waals surface area contributed by atoms with Crippen molar-refractivity contribution in [1.82, 2.24) is 9.99 Å². The van der Waals surface area contributed by atoms with Crippen molar-refractivity contribution < 1.29 is 0 Å². The molecule has 14 heavy (non-hydrogen) atoms. The van der Waals surface area contributed by atoms with Gasteiger partial charge in [0.25, 0.3) is 0 Å². The monoisotopic (exact) mass is 191 g/mol. The Balaban J connectivity index is 1.96. The second-order valence-corrected chi connectivity index (χ2v) is 3.89. The second-order valence-electron chi connectivity index (χ2n) is 3.89. The Bertz CT molecular complexity index is 273. The Hall–Kier alpha value is -1.09. The van der Waals surface area contributed by atoms with E-state index in [0.29, 0.717) is 6.04 Å². The van der Waals surface area contributed by atoms with Crippen molar-refractivity contribution in [3.05, 3.63) is 24.5 Å². The van der Waals surface area contributed by atoms with E-state index in [1.54, 1.807) is 0 Å². The van der Waals surface area contributed by atoms with Gasteiger partial charge in [-0.2, -0.15) is 0 Å². The van der Waals surface area contributed by atoms with Crippen LogP contribution in [0.1, 0.15) is 26.2 Å². The van der Waals surface area contributed by atoms with E-state index in [9.17, 15) is 0 Å². The summed E-state index contributed by atoms with van der Waals surface area (Å²) >= 11 is 0. The molecular formula is C11H17N3. The molecule has 1 aromatic heterocycles. The largest absolute Gasteiger partial charge is 0.319 e. The molecule has 3 nitrogen and oxygen atoms in total. The summed E-state index contributed by atoms with van der Waals surface area (Å²) in [4.78, 5) is 4.00. The van der Waals surface area contributed by atoms with Crippen molar-refractivity contribution in [2.24, 2.45) is 0 Å². The predicted octanol–water partition coefficient (Wildman–Crippen LogP) is 2.28. The molecule has 1 fully saturated rings. The van der Waals surface area contributed by atoms with Gasteiger partial charge in [0.05, 0.1) is 5.69 Å². The first-order valence-corrected chi connectivity index (χ1v) is 5.29. The molecule has 0 aliphatic carbocycles. The normalized spacial score (nSPS) is 23.4. The maximum absolute atomic E-state index is 4.00. The summed E-state index contributed by atoms with van der Waals surface area (Å²) in [5.74, 6) is 0. The van der Waals surface area contributed by atoms with E-state index in [2.05, 4.69) is 22.3 Å². The van der Waals surface area contributed by atoms with Gasteiger partial charge in [-0.15, -0.1) is 0 Å². The lowest BCUT2D eigenvalue weighted by atomic mass is 10.1. The molecule has 1 saturated heterocycles. The van der Waals surface area contributed by atoms with Crippen LogP contribution >= 0.6 is 0 Å². The molecule has 1 N–H and O–H groups in total. The van der Waals surface area contributed by atoms with Crippen LogP contribution in [0.25, 0.3) is 0 Å². The summed E-state index contributed by atoms with van der Waals surface area (Å²) in [6.07, 6.45) is 7.57. The number of hydrazine groups is 1. The molecule has 0 saturated carbocycles. The maximum Gasteiger partial charge on any atom is 0.0520 e. The molecular weight excluding hydrogens is 174 g/mol. The molecule has 1 aromatic rings. The van der Waals surface area contributed by atoms with E-state index in [0.717, 1.165) is 12.2 Å². The summed E-state index contributed by atoms with van der Waals surface area (Å²) < 4.78 is 0. The van der Waals surface area contributed by atoms with Crippen LogP contribution in [0, 0.1) is 0 Å². The summed E-state index contributed by atoms with van der Waals surface area (Å²) in [5, 5.41) is 2.32. The fraction of sp³-hybridized carbons (Fsp3) is 0.545. The van der Waals surface area contributed by atoms with E-state index in [1.807, 2.05) is 24.5 Å². The molecule has 1 atom stereocenters. The van der Waals surface area contributed by atoms with E-state index in [4.69, 9.17) is 0 Å². The zero-order valence-electron chi connectivity index (χ0n) is 8.61. The first kappa shape index (κ1) is 9.46.